The third-order valence-corrected chi connectivity index (χ3v) is 0.224. The number of aliphatic hydroxyl groups is 1. The predicted molar refractivity (Wildman–Crippen MR) is 17.4 cm³/mol. The number of hydrogen-bond acceptors (Lipinski definition) is 1. The van der Waals surface area contributed by atoms with Gasteiger partial charge >= 0.3 is 21.7 Å². The van der Waals surface area contributed by atoms with Gasteiger partial charge in [0, 0.05) is 6.61 Å². The molecule has 4 heteroatoms. The third kappa shape index (κ3) is 39.4. The maximum Gasteiger partial charge on any atom is 2.00 e. The summed E-state index contributed by atoms with van der Waals surface area (Å²) in [4.78, 5) is 0. The Bertz CT molecular complexity index is 14.9. The molecule has 0 aliphatic carbocycles. The SMILES string of the molecule is CCCO.[Cl-].[Cl-].[Ti+2]. The predicted octanol–water partition coefficient (Wildman–Crippen LogP) is -5.61. The average Bonchev–Trinajstić information content (AvgIpc) is 1.37. The van der Waals surface area contributed by atoms with E-state index in [1.54, 1.807) is 0 Å². The van der Waals surface area contributed by atoms with Crippen LogP contribution in [0.1, 0.15) is 13.3 Å². The van der Waals surface area contributed by atoms with Gasteiger partial charge in [-0.3, -0.25) is 0 Å². The Morgan fingerprint density at radius 3 is 1.43 bits per heavy atom. The van der Waals surface area contributed by atoms with E-state index in [4.69, 9.17) is 5.11 Å². The summed E-state index contributed by atoms with van der Waals surface area (Å²) < 4.78 is 0. The minimum atomic E-state index is 0. The first kappa shape index (κ1) is 24.0. The van der Waals surface area contributed by atoms with Crippen molar-refractivity contribution in [2.75, 3.05) is 6.61 Å². The van der Waals surface area contributed by atoms with Crippen molar-refractivity contribution in [3.05, 3.63) is 0 Å². The second-order valence-corrected chi connectivity index (χ2v) is 0.724. The summed E-state index contributed by atoms with van der Waals surface area (Å²) in [6.45, 7) is 2.25. The molecule has 0 aliphatic heterocycles. The summed E-state index contributed by atoms with van der Waals surface area (Å²) in [5, 5.41) is 7.88. The molecule has 0 atom stereocenters. The Hall–Kier alpha value is 1.25. The molecule has 0 bridgehead atoms. The van der Waals surface area contributed by atoms with Crippen molar-refractivity contribution in [1.29, 1.82) is 0 Å². The summed E-state index contributed by atoms with van der Waals surface area (Å²) in [6.07, 6.45) is 0.875. The van der Waals surface area contributed by atoms with Gasteiger partial charge in [0.2, 0.25) is 0 Å². The molecule has 0 aromatic carbocycles. The number of halogens is 2. The van der Waals surface area contributed by atoms with Gasteiger partial charge in [-0.2, -0.15) is 0 Å². The summed E-state index contributed by atoms with van der Waals surface area (Å²) in [5.74, 6) is 0. The molecular formula is C3H8Cl2OTi. The molecule has 0 aromatic rings. The fourth-order valence-electron chi connectivity index (χ4n) is 0. The van der Waals surface area contributed by atoms with Crippen LogP contribution >= 0.6 is 0 Å². The van der Waals surface area contributed by atoms with Crippen molar-refractivity contribution in [2.45, 2.75) is 13.3 Å². The van der Waals surface area contributed by atoms with Gasteiger partial charge in [0.25, 0.3) is 0 Å². The van der Waals surface area contributed by atoms with Crippen molar-refractivity contribution in [3.8, 4) is 0 Å². The van der Waals surface area contributed by atoms with Gasteiger partial charge in [-0.25, -0.2) is 0 Å². The first-order valence-corrected chi connectivity index (χ1v) is 1.52. The molecule has 0 spiro atoms. The zero-order valence-corrected chi connectivity index (χ0v) is 7.19. The second-order valence-electron chi connectivity index (χ2n) is 0.724. The molecular weight excluding hydrogens is 171 g/mol. The Balaban J connectivity index is -0.0000000150. The van der Waals surface area contributed by atoms with Gasteiger partial charge in [0.15, 0.2) is 0 Å². The average molecular weight is 179 g/mol. The first-order chi connectivity index (χ1) is 1.91. The fraction of sp³-hybridized carbons (Fsp3) is 1.00. The van der Waals surface area contributed by atoms with Crippen molar-refractivity contribution in [1.82, 2.24) is 0 Å². The van der Waals surface area contributed by atoms with E-state index in [0.29, 0.717) is 6.61 Å². The Kier molecular flexibility index (Phi) is 91.9. The van der Waals surface area contributed by atoms with Crippen LogP contribution in [0.2, 0.25) is 0 Å². The van der Waals surface area contributed by atoms with E-state index in [1.807, 2.05) is 6.92 Å². The largest absolute Gasteiger partial charge is 2.00 e. The van der Waals surface area contributed by atoms with Crippen molar-refractivity contribution in [3.63, 3.8) is 0 Å². The Morgan fingerprint density at radius 1 is 1.29 bits per heavy atom. The topological polar surface area (TPSA) is 20.2 Å². The summed E-state index contributed by atoms with van der Waals surface area (Å²) >= 11 is 0. The van der Waals surface area contributed by atoms with Crippen LogP contribution in [0.15, 0.2) is 0 Å². The molecule has 7 heavy (non-hydrogen) atoms. The smallest absolute Gasteiger partial charge is 1.00 e. The Labute approximate surface area is 71.6 Å². The van der Waals surface area contributed by atoms with Gasteiger partial charge in [-0.05, 0) is 6.42 Å². The maximum atomic E-state index is 7.88. The van der Waals surface area contributed by atoms with Gasteiger partial charge < -0.3 is 29.9 Å². The molecule has 0 rings (SSSR count). The quantitative estimate of drug-likeness (QED) is 0.398. The van der Waals surface area contributed by atoms with Gasteiger partial charge in [-0.1, -0.05) is 6.92 Å². The van der Waals surface area contributed by atoms with Gasteiger partial charge in [0.1, 0.15) is 0 Å². The maximum absolute atomic E-state index is 7.88. The van der Waals surface area contributed by atoms with Crippen molar-refractivity contribution < 1.29 is 51.6 Å². The molecule has 1 N–H and O–H groups in total. The van der Waals surface area contributed by atoms with Crippen LogP contribution in [0, 0.1) is 0 Å². The Morgan fingerprint density at radius 2 is 1.43 bits per heavy atom. The number of rotatable bonds is 1. The molecule has 0 saturated heterocycles. The molecule has 0 aromatic heterocycles. The van der Waals surface area contributed by atoms with Crippen LogP contribution in [0.25, 0.3) is 0 Å². The first-order valence-electron chi connectivity index (χ1n) is 1.52. The summed E-state index contributed by atoms with van der Waals surface area (Å²) in [7, 11) is 0. The van der Waals surface area contributed by atoms with Crippen molar-refractivity contribution in [2.24, 2.45) is 0 Å². The van der Waals surface area contributed by atoms with Crippen LogP contribution in [0.5, 0.6) is 0 Å². The van der Waals surface area contributed by atoms with Crippen LogP contribution in [-0.2, 0) is 21.7 Å². The molecule has 0 radical (unpaired) electrons. The molecule has 0 heterocycles. The monoisotopic (exact) mass is 178 g/mol. The van der Waals surface area contributed by atoms with E-state index in [1.165, 1.54) is 0 Å². The number of aliphatic hydroxyl groups excluding tert-OH is 1. The summed E-state index contributed by atoms with van der Waals surface area (Å²) in [5.41, 5.74) is 0. The molecule has 44 valence electrons. The molecule has 0 saturated carbocycles. The second kappa shape index (κ2) is 26.8. The zero-order chi connectivity index (χ0) is 3.41. The van der Waals surface area contributed by atoms with E-state index in [2.05, 4.69) is 0 Å². The van der Waals surface area contributed by atoms with E-state index < -0.39 is 0 Å². The van der Waals surface area contributed by atoms with Crippen LogP contribution in [0.3, 0.4) is 0 Å². The molecule has 0 aliphatic rings. The van der Waals surface area contributed by atoms with Crippen LogP contribution in [-0.4, -0.2) is 11.7 Å². The van der Waals surface area contributed by atoms with Crippen LogP contribution in [0.4, 0.5) is 0 Å². The van der Waals surface area contributed by atoms with Crippen molar-refractivity contribution >= 4 is 0 Å². The van der Waals surface area contributed by atoms with Gasteiger partial charge in [-0.15, -0.1) is 0 Å². The minimum absolute atomic E-state index is 0. The van der Waals surface area contributed by atoms with E-state index in [-0.39, 0.29) is 46.5 Å². The van der Waals surface area contributed by atoms with Gasteiger partial charge in [0.05, 0.1) is 0 Å². The van der Waals surface area contributed by atoms with E-state index in [9.17, 15) is 0 Å². The normalized spacial score (nSPS) is 4.29. The number of hydrogen-bond donors (Lipinski definition) is 1. The van der Waals surface area contributed by atoms with Crippen LogP contribution < -0.4 is 24.8 Å². The molecule has 0 unspecified atom stereocenters. The van der Waals surface area contributed by atoms with E-state index >= 15 is 0 Å². The summed E-state index contributed by atoms with van der Waals surface area (Å²) in [6, 6.07) is 0. The standard InChI is InChI=1S/C3H8O.2ClH.Ti/c1-2-3-4;;;/h4H,2-3H2,1H3;2*1H;/q;;;+2/p-2. The van der Waals surface area contributed by atoms with E-state index in [0.717, 1.165) is 6.42 Å². The minimum Gasteiger partial charge on any atom is -1.00 e. The zero-order valence-electron chi connectivity index (χ0n) is 4.12. The molecule has 0 amide bonds. The molecule has 0 fully saturated rings. The molecule has 1 nitrogen and oxygen atoms in total. The fourth-order valence-corrected chi connectivity index (χ4v) is 0. The third-order valence-electron chi connectivity index (χ3n) is 0.224.